The first-order valence-electron chi connectivity index (χ1n) is 4.87. The lowest BCUT2D eigenvalue weighted by molar-refractivity contribution is -0.144. The SMILES string of the molecule is CCOC(=O)CCC(=O)Cn1cccn1. The number of rotatable bonds is 6. The highest BCUT2D eigenvalue weighted by Gasteiger charge is 2.07. The molecule has 5 nitrogen and oxygen atoms in total. The fraction of sp³-hybridized carbons (Fsp3) is 0.500. The van der Waals surface area contributed by atoms with Crippen molar-refractivity contribution in [3.63, 3.8) is 0 Å². The lowest BCUT2D eigenvalue weighted by atomic mass is 10.2. The number of carbonyl (C=O) groups excluding carboxylic acids is 2. The van der Waals surface area contributed by atoms with Crippen molar-refractivity contribution in [1.82, 2.24) is 9.78 Å². The zero-order chi connectivity index (χ0) is 11.1. The minimum absolute atomic E-state index is 0.0215. The van der Waals surface area contributed by atoms with Crippen LogP contribution in [0.2, 0.25) is 0 Å². The van der Waals surface area contributed by atoms with Gasteiger partial charge in [0.25, 0.3) is 0 Å². The van der Waals surface area contributed by atoms with Crippen LogP contribution in [0.5, 0.6) is 0 Å². The summed E-state index contributed by atoms with van der Waals surface area (Å²) >= 11 is 0. The van der Waals surface area contributed by atoms with Crippen molar-refractivity contribution in [2.75, 3.05) is 6.61 Å². The van der Waals surface area contributed by atoms with E-state index in [0.717, 1.165) is 0 Å². The molecular weight excluding hydrogens is 196 g/mol. The molecule has 1 aromatic rings. The molecule has 5 heteroatoms. The Bertz CT molecular complexity index is 319. The van der Waals surface area contributed by atoms with Gasteiger partial charge in [0.2, 0.25) is 0 Å². The highest BCUT2D eigenvalue weighted by molar-refractivity contribution is 5.82. The minimum Gasteiger partial charge on any atom is -0.466 e. The van der Waals surface area contributed by atoms with Gasteiger partial charge in [0.15, 0.2) is 5.78 Å². The summed E-state index contributed by atoms with van der Waals surface area (Å²) in [6.45, 7) is 2.31. The lowest BCUT2D eigenvalue weighted by Crippen LogP contribution is -2.13. The van der Waals surface area contributed by atoms with Gasteiger partial charge in [-0.2, -0.15) is 5.10 Å². The van der Waals surface area contributed by atoms with E-state index in [1.54, 1.807) is 25.4 Å². The van der Waals surface area contributed by atoms with E-state index < -0.39 is 0 Å². The summed E-state index contributed by atoms with van der Waals surface area (Å²) in [5.41, 5.74) is 0. The average Bonchev–Trinajstić information content (AvgIpc) is 2.68. The maximum Gasteiger partial charge on any atom is 0.306 e. The molecule has 0 aliphatic heterocycles. The molecule has 1 heterocycles. The number of ether oxygens (including phenoxy) is 1. The monoisotopic (exact) mass is 210 g/mol. The standard InChI is InChI=1S/C10H14N2O3/c1-2-15-10(14)5-4-9(13)8-12-7-3-6-11-12/h3,6-7H,2,4-5,8H2,1H3. The average molecular weight is 210 g/mol. The van der Waals surface area contributed by atoms with Crippen LogP contribution in [0.15, 0.2) is 18.5 Å². The first kappa shape index (κ1) is 11.4. The Morgan fingerprint density at radius 3 is 2.80 bits per heavy atom. The van der Waals surface area contributed by atoms with E-state index in [9.17, 15) is 9.59 Å². The molecule has 0 unspecified atom stereocenters. The Labute approximate surface area is 88.0 Å². The zero-order valence-corrected chi connectivity index (χ0v) is 8.68. The first-order chi connectivity index (χ1) is 7.22. The highest BCUT2D eigenvalue weighted by Crippen LogP contribution is 1.97. The van der Waals surface area contributed by atoms with Gasteiger partial charge >= 0.3 is 5.97 Å². The topological polar surface area (TPSA) is 61.2 Å². The molecule has 0 aliphatic carbocycles. The Morgan fingerprint density at radius 1 is 1.40 bits per heavy atom. The number of hydrogen-bond donors (Lipinski definition) is 0. The molecule has 0 aliphatic rings. The van der Waals surface area contributed by atoms with Gasteiger partial charge in [0.1, 0.15) is 0 Å². The smallest absolute Gasteiger partial charge is 0.306 e. The predicted octanol–water partition coefficient (Wildman–Crippen LogP) is 0.796. The number of ketones is 1. The summed E-state index contributed by atoms with van der Waals surface area (Å²) < 4.78 is 6.25. The van der Waals surface area contributed by atoms with Gasteiger partial charge in [-0.15, -0.1) is 0 Å². The number of Topliss-reactive ketones (excluding diaryl/α,β-unsaturated/α-hetero) is 1. The number of carbonyl (C=O) groups is 2. The van der Waals surface area contributed by atoms with E-state index in [0.29, 0.717) is 6.61 Å². The summed E-state index contributed by atoms with van der Waals surface area (Å²) in [5, 5.41) is 3.90. The second kappa shape index (κ2) is 5.95. The van der Waals surface area contributed by atoms with Crippen LogP contribution in [0.25, 0.3) is 0 Å². The van der Waals surface area contributed by atoms with Crippen LogP contribution in [0.4, 0.5) is 0 Å². The Hall–Kier alpha value is -1.65. The van der Waals surface area contributed by atoms with Crippen molar-refractivity contribution in [3.8, 4) is 0 Å². The number of aromatic nitrogens is 2. The second-order valence-corrected chi connectivity index (χ2v) is 3.05. The molecule has 0 aromatic carbocycles. The van der Waals surface area contributed by atoms with E-state index in [1.807, 2.05) is 0 Å². The van der Waals surface area contributed by atoms with E-state index in [1.165, 1.54) is 4.68 Å². The Morgan fingerprint density at radius 2 is 2.20 bits per heavy atom. The van der Waals surface area contributed by atoms with Gasteiger partial charge in [-0.05, 0) is 13.0 Å². The lowest BCUT2D eigenvalue weighted by Gasteiger charge is -2.01. The Kier molecular flexibility index (Phi) is 4.53. The molecule has 1 aromatic heterocycles. The molecular formula is C10H14N2O3. The highest BCUT2D eigenvalue weighted by atomic mass is 16.5. The fourth-order valence-electron chi connectivity index (χ4n) is 1.13. The van der Waals surface area contributed by atoms with Crippen molar-refractivity contribution >= 4 is 11.8 Å². The molecule has 0 N–H and O–H groups in total. The van der Waals surface area contributed by atoms with Gasteiger partial charge in [-0.1, -0.05) is 0 Å². The van der Waals surface area contributed by atoms with Crippen LogP contribution in [0.3, 0.4) is 0 Å². The number of nitrogens with zero attached hydrogens (tertiary/aromatic N) is 2. The van der Waals surface area contributed by atoms with Crippen molar-refractivity contribution < 1.29 is 14.3 Å². The number of hydrogen-bond acceptors (Lipinski definition) is 4. The maximum absolute atomic E-state index is 11.4. The predicted molar refractivity (Wildman–Crippen MR) is 53.1 cm³/mol. The van der Waals surface area contributed by atoms with Crippen molar-refractivity contribution in [2.24, 2.45) is 0 Å². The van der Waals surface area contributed by atoms with E-state index in [-0.39, 0.29) is 31.1 Å². The third-order valence-electron chi connectivity index (χ3n) is 1.81. The molecule has 82 valence electrons. The Balaban J connectivity index is 2.22. The van der Waals surface area contributed by atoms with Crippen LogP contribution in [-0.2, 0) is 20.9 Å². The molecule has 0 atom stereocenters. The maximum atomic E-state index is 11.4. The summed E-state index contributed by atoms with van der Waals surface area (Å²) in [5.74, 6) is -0.349. The summed E-state index contributed by atoms with van der Waals surface area (Å²) in [6.07, 6.45) is 3.67. The second-order valence-electron chi connectivity index (χ2n) is 3.05. The molecule has 0 radical (unpaired) electrons. The molecule has 0 spiro atoms. The van der Waals surface area contributed by atoms with Crippen LogP contribution < -0.4 is 0 Å². The largest absolute Gasteiger partial charge is 0.466 e. The van der Waals surface area contributed by atoms with E-state index in [4.69, 9.17) is 4.74 Å². The van der Waals surface area contributed by atoms with Gasteiger partial charge in [0.05, 0.1) is 19.6 Å². The number of esters is 1. The molecule has 0 amide bonds. The molecule has 0 fully saturated rings. The third kappa shape index (κ3) is 4.39. The van der Waals surface area contributed by atoms with Crippen molar-refractivity contribution in [1.29, 1.82) is 0 Å². The minimum atomic E-state index is -0.327. The summed E-state index contributed by atoms with van der Waals surface area (Å²) in [6, 6.07) is 1.75. The quantitative estimate of drug-likeness (QED) is 0.651. The van der Waals surface area contributed by atoms with Gasteiger partial charge in [-0.3, -0.25) is 14.3 Å². The van der Waals surface area contributed by atoms with Crippen molar-refractivity contribution in [3.05, 3.63) is 18.5 Å². The normalized spacial score (nSPS) is 9.93. The van der Waals surface area contributed by atoms with Crippen LogP contribution in [0, 0.1) is 0 Å². The van der Waals surface area contributed by atoms with Crippen LogP contribution >= 0.6 is 0 Å². The van der Waals surface area contributed by atoms with Crippen molar-refractivity contribution in [2.45, 2.75) is 26.3 Å². The van der Waals surface area contributed by atoms with Gasteiger partial charge < -0.3 is 4.74 Å². The molecule has 0 saturated carbocycles. The zero-order valence-electron chi connectivity index (χ0n) is 8.68. The van der Waals surface area contributed by atoms with E-state index >= 15 is 0 Å². The van der Waals surface area contributed by atoms with Crippen LogP contribution in [0.1, 0.15) is 19.8 Å². The molecule has 1 rings (SSSR count). The fourth-order valence-corrected chi connectivity index (χ4v) is 1.13. The summed E-state index contributed by atoms with van der Waals surface area (Å²) in [4.78, 5) is 22.3. The molecule has 0 saturated heterocycles. The first-order valence-corrected chi connectivity index (χ1v) is 4.87. The molecule has 0 bridgehead atoms. The van der Waals surface area contributed by atoms with Gasteiger partial charge in [0, 0.05) is 18.8 Å². The van der Waals surface area contributed by atoms with Gasteiger partial charge in [-0.25, -0.2) is 0 Å². The van der Waals surface area contributed by atoms with E-state index in [2.05, 4.69) is 5.10 Å². The molecule has 15 heavy (non-hydrogen) atoms. The third-order valence-corrected chi connectivity index (χ3v) is 1.81. The summed E-state index contributed by atoms with van der Waals surface area (Å²) in [7, 11) is 0. The van der Waals surface area contributed by atoms with Crippen LogP contribution in [-0.4, -0.2) is 28.1 Å².